The summed E-state index contributed by atoms with van der Waals surface area (Å²) < 4.78 is 11.8. The van der Waals surface area contributed by atoms with E-state index < -0.39 is 23.8 Å². The molecule has 0 spiro atoms. The van der Waals surface area contributed by atoms with Crippen molar-refractivity contribution in [2.45, 2.75) is 0 Å². The molecule has 2 aromatic heterocycles. The third kappa shape index (κ3) is 6.68. The molecule has 0 aliphatic rings. The number of halogens is 2. The summed E-state index contributed by atoms with van der Waals surface area (Å²) in [5.74, 6) is -2.07. The highest BCUT2D eigenvalue weighted by Gasteiger charge is 2.24. The molecule has 2 amide bonds. The Balaban J connectivity index is 1.34. The standard InChI is InChI=1S/C32H22Br2N2O6S2/c1-41-31(39)25-23(17-7-11-21(33)12-8-17)15-43-29(25)35-27(37)19-3-5-20(6-4-19)28(38)36-30-26(32(40)42-2)24(16-44-30)18-9-13-22(34)14-10-18/h3-16H,1-2H3,(H,35,37)(H,36,38). The molecule has 12 heteroatoms. The molecular weight excluding hydrogens is 732 g/mol. The van der Waals surface area contributed by atoms with Gasteiger partial charge >= 0.3 is 11.9 Å². The summed E-state index contributed by atoms with van der Waals surface area (Å²) >= 11 is 9.23. The molecule has 0 aliphatic carbocycles. The van der Waals surface area contributed by atoms with Crippen LogP contribution in [0.3, 0.4) is 0 Å². The molecule has 5 rings (SSSR count). The summed E-state index contributed by atoms with van der Waals surface area (Å²) in [6.45, 7) is 0. The van der Waals surface area contributed by atoms with E-state index in [9.17, 15) is 19.2 Å². The van der Waals surface area contributed by atoms with Crippen LogP contribution < -0.4 is 10.6 Å². The van der Waals surface area contributed by atoms with Gasteiger partial charge < -0.3 is 20.1 Å². The molecule has 2 N–H and O–H groups in total. The second kappa shape index (κ2) is 13.7. The molecule has 5 aromatic rings. The van der Waals surface area contributed by atoms with Crippen molar-refractivity contribution in [3.05, 3.63) is 115 Å². The minimum atomic E-state index is -0.574. The van der Waals surface area contributed by atoms with Gasteiger partial charge in [-0.05, 0) is 59.7 Å². The van der Waals surface area contributed by atoms with E-state index in [1.807, 2.05) is 48.5 Å². The summed E-state index contributed by atoms with van der Waals surface area (Å²) in [6.07, 6.45) is 0. The SMILES string of the molecule is COC(=O)c1c(-c2ccc(Br)cc2)csc1NC(=O)c1ccc(C(=O)Nc2scc(-c3ccc(Br)cc3)c2C(=O)OC)cc1. The number of carbonyl (C=O) groups excluding carboxylic acids is 4. The van der Waals surface area contributed by atoms with E-state index in [0.717, 1.165) is 20.1 Å². The molecule has 0 radical (unpaired) electrons. The summed E-state index contributed by atoms with van der Waals surface area (Å²) in [7, 11) is 2.57. The van der Waals surface area contributed by atoms with Gasteiger partial charge in [-0.15, -0.1) is 22.7 Å². The average molecular weight is 754 g/mol. The number of amides is 2. The van der Waals surface area contributed by atoms with Gasteiger partial charge in [0, 0.05) is 42.0 Å². The molecule has 0 saturated heterocycles. The summed E-state index contributed by atoms with van der Waals surface area (Å²) in [4.78, 5) is 51.6. The van der Waals surface area contributed by atoms with Crippen molar-refractivity contribution in [2.75, 3.05) is 24.9 Å². The first kappa shape index (κ1) is 31.3. The van der Waals surface area contributed by atoms with Gasteiger partial charge in [0.05, 0.1) is 14.2 Å². The van der Waals surface area contributed by atoms with E-state index >= 15 is 0 Å². The second-order valence-electron chi connectivity index (χ2n) is 9.19. The maximum atomic E-state index is 13.1. The number of nitrogens with one attached hydrogen (secondary N) is 2. The number of hydrogen-bond acceptors (Lipinski definition) is 8. The lowest BCUT2D eigenvalue weighted by atomic mass is 10.0. The maximum absolute atomic E-state index is 13.1. The fourth-order valence-corrected chi connectivity index (χ4v) is 6.75. The van der Waals surface area contributed by atoms with E-state index in [-0.39, 0.29) is 22.3 Å². The molecule has 3 aromatic carbocycles. The van der Waals surface area contributed by atoms with Crippen LogP contribution in [0.5, 0.6) is 0 Å². The van der Waals surface area contributed by atoms with E-state index in [1.165, 1.54) is 61.2 Å². The Morgan fingerprint density at radius 2 is 0.909 bits per heavy atom. The van der Waals surface area contributed by atoms with E-state index in [2.05, 4.69) is 42.5 Å². The predicted octanol–water partition coefficient (Wildman–Crippen LogP) is 8.75. The fraction of sp³-hybridized carbons (Fsp3) is 0.0625. The first-order chi connectivity index (χ1) is 21.2. The topological polar surface area (TPSA) is 111 Å². The number of carbonyl (C=O) groups is 4. The number of thiophene rings is 2. The van der Waals surface area contributed by atoms with Crippen LogP contribution >= 0.6 is 54.5 Å². The molecular formula is C32H22Br2N2O6S2. The Morgan fingerprint density at radius 1 is 0.568 bits per heavy atom. The van der Waals surface area contributed by atoms with Crippen LogP contribution in [0.4, 0.5) is 10.0 Å². The Hall–Kier alpha value is -4.10. The van der Waals surface area contributed by atoms with Crippen LogP contribution in [-0.2, 0) is 9.47 Å². The number of hydrogen-bond donors (Lipinski definition) is 2. The van der Waals surface area contributed by atoms with Crippen LogP contribution in [0.2, 0.25) is 0 Å². The quantitative estimate of drug-likeness (QED) is 0.153. The number of esters is 2. The fourth-order valence-electron chi connectivity index (χ4n) is 4.32. The maximum Gasteiger partial charge on any atom is 0.341 e. The van der Waals surface area contributed by atoms with Gasteiger partial charge in [-0.25, -0.2) is 9.59 Å². The number of anilines is 2. The molecule has 222 valence electrons. The second-order valence-corrected chi connectivity index (χ2v) is 12.8. The zero-order chi connectivity index (χ0) is 31.4. The zero-order valence-corrected chi connectivity index (χ0v) is 27.9. The first-order valence-electron chi connectivity index (χ1n) is 12.8. The largest absolute Gasteiger partial charge is 0.465 e. The molecule has 44 heavy (non-hydrogen) atoms. The van der Waals surface area contributed by atoms with Crippen LogP contribution in [0.25, 0.3) is 22.3 Å². The van der Waals surface area contributed by atoms with Crippen molar-refractivity contribution >= 4 is 88.3 Å². The van der Waals surface area contributed by atoms with Gasteiger partial charge in [-0.2, -0.15) is 0 Å². The molecule has 0 atom stereocenters. The Kier molecular flexibility index (Phi) is 9.74. The van der Waals surface area contributed by atoms with E-state index in [1.54, 1.807) is 10.8 Å². The van der Waals surface area contributed by atoms with E-state index in [4.69, 9.17) is 9.47 Å². The number of methoxy groups -OCH3 is 2. The molecule has 0 aliphatic heterocycles. The van der Waals surface area contributed by atoms with Gasteiger partial charge in [-0.1, -0.05) is 56.1 Å². The highest BCUT2D eigenvalue weighted by Crippen LogP contribution is 2.38. The smallest absolute Gasteiger partial charge is 0.341 e. The van der Waals surface area contributed by atoms with Crippen LogP contribution in [-0.4, -0.2) is 38.0 Å². The van der Waals surface area contributed by atoms with Gasteiger partial charge in [0.2, 0.25) is 0 Å². The molecule has 2 heterocycles. The van der Waals surface area contributed by atoms with Crippen molar-refractivity contribution in [3.63, 3.8) is 0 Å². The van der Waals surface area contributed by atoms with Crippen LogP contribution in [0.15, 0.2) is 92.5 Å². The number of ether oxygens (including phenoxy) is 2. The monoisotopic (exact) mass is 752 g/mol. The lowest BCUT2D eigenvalue weighted by molar-refractivity contribution is 0.0594. The average Bonchev–Trinajstić information content (AvgIpc) is 3.65. The number of rotatable bonds is 8. The summed E-state index contributed by atoms with van der Waals surface area (Å²) in [5, 5.41) is 9.85. The molecule has 8 nitrogen and oxygen atoms in total. The molecule has 0 fully saturated rings. The Bertz CT molecular complexity index is 1730. The van der Waals surface area contributed by atoms with Crippen LogP contribution in [0.1, 0.15) is 41.4 Å². The van der Waals surface area contributed by atoms with Crippen molar-refractivity contribution in [3.8, 4) is 22.3 Å². The minimum Gasteiger partial charge on any atom is -0.465 e. The van der Waals surface area contributed by atoms with Gasteiger partial charge in [0.1, 0.15) is 21.1 Å². The summed E-state index contributed by atoms with van der Waals surface area (Å²) in [6, 6.07) is 20.9. The van der Waals surface area contributed by atoms with Gasteiger partial charge in [0.15, 0.2) is 0 Å². The number of benzene rings is 3. The zero-order valence-electron chi connectivity index (χ0n) is 23.1. The molecule has 0 bridgehead atoms. The third-order valence-electron chi connectivity index (χ3n) is 6.53. The highest BCUT2D eigenvalue weighted by atomic mass is 79.9. The lowest BCUT2D eigenvalue weighted by Crippen LogP contribution is -2.16. The third-order valence-corrected chi connectivity index (χ3v) is 9.38. The van der Waals surface area contributed by atoms with Gasteiger partial charge in [0.25, 0.3) is 11.8 Å². The minimum absolute atomic E-state index is 0.254. The van der Waals surface area contributed by atoms with E-state index in [0.29, 0.717) is 21.1 Å². The van der Waals surface area contributed by atoms with Crippen molar-refractivity contribution in [2.24, 2.45) is 0 Å². The summed E-state index contributed by atoms with van der Waals surface area (Å²) in [5.41, 5.74) is 3.93. The highest BCUT2D eigenvalue weighted by molar-refractivity contribution is 9.10. The Labute approximate surface area is 277 Å². The van der Waals surface area contributed by atoms with Crippen molar-refractivity contribution in [1.82, 2.24) is 0 Å². The first-order valence-corrected chi connectivity index (χ1v) is 16.2. The van der Waals surface area contributed by atoms with Crippen LogP contribution in [0, 0.1) is 0 Å². The van der Waals surface area contributed by atoms with Crippen molar-refractivity contribution in [1.29, 1.82) is 0 Å². The molecule has 0 unspecified atom stereocenters. The molecule has 0 saturated carbocycles. The lowest BCUT2D eigenvalue weighted by Gasteiger charge is -2.09. The normalized spacial score (nSPS) is 10.6. The predicted molar refractivity (Wildman–Crippen MR) is 180 cm³/mol. The van der Waals surface area contributed by atoms with Gasteiger partial charge in [-0.3, -0.25) is 9.59 Å². The Morgan fingerprint density at radius 3 is 1.23 bits per heavy atom. The van der Waals surface area contributed by atoms with Crippen molar-refractivity contribution < 1.29 is 28.7 Å².